The lowest BCUT2D eigenvalue weighted by atomic mass is 9.85. The molecule has 0 saturated heterocycles. The Labute approximate surface area is 225 Å². The summed E-state index contributed by atoms with van der Waals surface area (Å²) in [5, 5.41) is 13.0. The Bertz CT molecular complexity index is 1370. The van der Waals surface area contributed by atoms with E-state index in [1.54, 1.807) is 52.2 Å². The molecule has 0 fully saturated rings. The van der Waals surface area contributed by atoms with Crippen LogP contribution in [0.3, 0.4) is 0 Å². The van der Waals surface area contributed by atoms with Crippen molar-refractivity contribution in [2.24, 2.45) is 0 Å². The largest absolute Gasteiger partial charge is 0.484 e. The molecule has 4 rings (SSSR count). The molecule has 0 saturated carbocycles. The maximum atomic E-state index is 13.5. The summed E-state index contributed by atoms with van der Waals surface area (Å²) in [5.74, 6) is 0.397. The molecule has 1 aliphatic rings. The van der Waals surface area contributed by atoms with Crippen LogP contribution in [0.4, 0.5) is 32.0 Å². The Hall–Kier alpha value is -3.74. The second-order valence-electron chi connectivity index (χ2n) is 9.87. The van der Waals surface area contributed by atoms with Crippen LogP contribution in [0.15, 0.2) is 46.9 Å². The van der Waals surface area contributed by atoms with Gasteiger partial charge >= 0.3 is 12.4 Å². The molecule has 0 spiro atoms. The van der Waals surface area contributed by atoms with Gasteiger partial charge in [0.2, 0.25) is 5.89 Å². The fourth-order valence-corrected chi connectivity index (χ4v) is 4.53. The fourth-order valence-electron chi connectivity index (χ4n) is 4.53. The molecule has 2 heterocycles. The number of likely N-dealkylation sites (N-methyl/N-ethyl adjacent to an activating group) is 1. The van der Waals surface area contributed by atoms with Gasteiger partial charge in [-0.1, -0.05) is 6.07 Å². The average Bonchev–Trinajstić information content (AvgIpc) is 3.39. The Morgan fingerprint density at radius 2 is 1.70 bits per heavy atom. The molecule has 0 bridgehead atoms. The second-order valence-corrected chi connectivity index (χ2v) is 9.87. The van der Waals surface area contributed by atoms with Crippen LogP contribution in [0.1, 0.15) is 35.4 Å². The number of fused-ring (bicyclic) bond motifs is 1. The molecule has 2 aromatic carbocycles. The van der Waals surface area contributed by atoms with E-state index in [1.165, 1.54) is 4.90 Å². The van der Waals surface area contributed by atoms with Crippen LogP contribution in [0.5, 0.6) is 5.75 Å². The van der Waals surface area contributed by atoms with Gasteiger partial charge in [-0.25, -0.2) is 4.98 Å². The molecule has 13 heteroatoms. The average molecular weight is 572 g/mol. The first-order valence-corrected chi connectivity index (χ1v) is 12.2. The number of rotatable bonds is 7. The van der Waals surface area contributed by atoms with E-state index in [1.807, 2.05) is 0 Å². The van der Waals surface area contributed by atoms with Crippen molar-refractivity contribution in [1.29, 1.82) is 0 Å². The summed E-state index contributed by atoms with van der Waals surface area (Å²) in [6, 6.07) is 8.79. The van der Waals surface area contributed by atoms with Crippen LogP contribution >= 0.6 is 0 Å². The minimum atomic E-state index is -5.98. The Balaban J connectivity index is 1.58. The number of oxazole rings is 1. The highest BCUT2D eigenvalue weighted by Gasteiger charge is 2.71. The molecular formula is C27H27F6N3O4. The van der Waals surface area contributed by atoms with Gasteiger partial charge in [-0.3, -0.25) is 4.79 Å². The third-order valence-electron chi connectivity index (χ3n) is 6.94. The summed E-state index contributed by atoms with van der Waals surface area (Å²) in [6.07, 6.45) is -11.8. The molecular weight excluding hydrogens is 544 g/mol. The van der Waals surface area contributed by atoms with Crippen molar-refractivity contribution < 1.29 is 45.4 Å². The van der Waals surface area contributed by atoms with Crippen LogP contribution in [0, 0.1) is 6.92 Å². The van der Waals surface area contributed by atoms with E-state index >= 15 is 0 Å². The summed E-state index contributed by atoms with van der Waals surface area (Å²) in [5.41, 5.74) is -4.67. The van der Waals surface area contributed by atoms with Gasteiger partial charge < -0.3 is 24.5 Å². The molecule has 1 amide bonds. The number of ether oxygens (including phenoxy) is 1. The standard InChI is InChI=1S/C27H27F6N3O4/c1-14-19(20-11-17(7-10-21(20)34-14)25(38,26(28,29)30)27(31,32)33)12-22-15(2)40-24(35-22)16-5-8-18(9-6-16)39-13-23(37)36(3)4/h5-11,14,19,34,38H,12-13H2,1-4H3. The van der Waals surface area contributed by atoms with E-state index in [0.717, 1.165) is 12.1 Å². The van der Waals surface area contributed by atoms with E-state index in [0.29, 0.717) is 34.5 Å². The van der Waals surface area contributed by atoms with E-state index in [9.17, 15) is 36.2 Å². The SMILES string of the molecule is Cc1oc(-c2ccc(OCC(=O)N(C)C)cc2)nc1CC1c2cc(C(O)(C(F)(F)F)C(F)(F)F)ccc2NC1C. The smallest absolute Gasteiger partial charge is 0.430 e. The summed E-state index contributed by atoms with van der Waals surface area (Å²) in [6.45, 7) is 3.28. The van der Waals surface area contributed by atoms with Gasteiger partial charge in [0.15, 0.2) is 6.61 Å². The lowest BCUT2D eigenvalue weighted by molar-refractivity contribution is -0.376. The molecule has 0 aliphatic carbocycles. The Morgan fingerprint density at radius 1 is 1.07 bits per heavy atom. The first kappa shape index (κ1) is 29.2. The summed E-state index contributed by atoms with van der Waals surface area (Å²) in [7, 11) is 3.23. The quantitative estimate of drug-likeness (QED) is 0.361. The van der Waals surface area contributed by atoms with E-state index in [4.69, 9.17) is 9.15 Å². The predicted molar refractivity (Wildman–Crippen MR) is 133 cm³/mol. The van der Waals surface area contributed by atoms with Crippen molar-refractivity contribution >= 4 is 11.6 Å². The Kier molecular flexibility index (Phi) is 7.56. The van der Waals surface area contributed by atoms with Gasteiger partial charge in [-0.05, 0) is 55.8 Å². The maximum Gasteiger partial charge on any atom is 0.430 e. The molecule has 2 unspecified atom stereocenters. The minimum Gasteiger partial charge on any atom is -0.484 e. The van der Waals surface area contributed by atoms with Crippen LogP contribution in [0.25, 0.3) is 11.5 Å². The number of aromatic nitrogens is 1. The van der Waals surface area contributed by atoms with Crippen molar-refractivity contribution in [1.82, 2.24) is 9.88 Å². The molecule has 0 radical (unpaired) electrons. The zero-order chi connectivity index (χ0) is 29.6. The molecule has 1 aliphatic heterocycles. The lowest BCUT2D eigenvalue weighted by Gasteiger charge is -2.33. The molecule has 1 aromatic heterocycles. The summed E-state index contributed by atoms with van der Waals surface area (Å²) in [4.78, 5) is 17.6. The summed E-state index contributed by atoms with van der Waals surface area (Å²) >= 11 is 0. The highest BCUT2D eigenvalue weighted by atomic mass is 19.4. The predicted octanol–water partition coefficient (Wildman–Crippen LogP) is 5.57. The number of alkyl halides is 6. The number of amides is 1. The van der Waals surface area contributed by atoms with Crippen LogP contribution < -0.4 is 10.1 Å². The van der Waals surface area contributed by atoms with Crippen molar-refractivity contribution in [3.63, 3.8) is 0 Å². The van der Waals surface area contributed by atoms with Gasteiger partial charge in [-0.15, -0.1) is 0 Å². The maximum absolute atomic E-state index is 13.5. The number of carbonyl (C=O) groups excluding carboxylic acids is 1. The number of hydrogen-bond acceptors (Lipinski definition) is 6. The fraction of sp³-hybridized carbons (Fsp3) is 0.407. The van der Waals surface area contributed by atoms with Gasteiger partial charge in [0.1, 0.15) is 11.5 Å². The van der Waals surface area contributed by atoms with Gasteiger partial charge in [0.25, 0.3) is 11.5 Å². The van der Waals surface area contributed by atoms with Gasteiger partial charge in [0.05, 0.1) is 5.69 Å². The third kappa shape index (κ3) is 5.34. The number of nitrogens with one attached hydrogen (secondary N) is 1. The van der Waals surface area contributed by atoms with Crippen LogP contribution in [-0.4, -0.2) is 60.0 Å². The first-order chi connectivity index (χ1) is 18.5. The molecule has 3 aromatic rings. The van der Waals surface area contributed by atoms with E-state index in [2.05, 4.69) is 10.3 Å². The van der Waals surface area contributed by atoms with E-state index < -0.39 is 29.4 Å². The first-order valence-electron chi connectivity index (χ1n) is 12.2. The van der Waals surface area contributed by atoms with Crippen LogP contribution in [-0.2, 0) is 16.8 Å². The van der Waals surface area contributed by atoms with Crippen molar-refractivity contribution in [3.05, 3.63) is 65.0 Å². The number of benzene rings is 2. The molecule has 216 valence electrons. The highest BCUT2D eigenvalue weighted by molar-refractivity contribution is 5.77. The number of hydrogen-bond donors (Lipinski definition) is 2. The molecule has 2 atom stereocenters. The third-order valence-corrected chi connectivity index (χ3v) is 6.94. The zero-order valence-corrected chi connectivity index (χ0v) is 21.9. The number of nitrogens with zero attached hydrogens (tertiary/aromatic N) is 2. The normalized spacial score (nSPS) is 17.4. The molecule has 40 heavy (non-hydrogen) atoms. The van der Waals surface area contributed by atoms with Crippen LogP contribution in [0.2, 0.25) is 0 Å². The van der Waals surface area contributed by atoms with Gasteiger partial charge in [0, 0.05) is 49.3 Å². The minimum absolute atomic E-state index is 0.130. The van der Waals surface area contributed by atoms with Crippen molar-refractivity contribution in [2.75, 3.05) is 26.0 Å². The Morgan fingerprint density at radius 3 is 2.27 bits per heavy atom. The number of halogens is 6. The zero-order valence-electron chi connectivity index (χ0n) is 21.9. The number of anilines is 1. The molecule has 7 nitrogen and oxygen atoms in total. The van der Waals surface area contributed by atoms with Crippen molar-refractivity contribution in [3.8, 4) is 17.2 Å². The van der Waals surface area contributed by atoms with Gasteiger partial charge in [-0.2, -0.15) is 26.3 Å². The summed E-state index contributed by atoms with van der Waals surface area (Å²) < 4.78 is 92.1. The molecule has 2 N–H and O–H groups in total. The topological polar surface area (TPSA) is 87.8 Å². The number of aliphatic hydroxyl groups is 1. The second kappa shape index (κ2) is 10.3. The highest BCUT2D eigenvalue weighted by Crippen LogP contribution is 2.51. The monoisotopic (exact) mass is 571 g/mol. The number of carbonyl (C=O) groups is 1. The number of aryl methyl sites for hydroxylation is 1. The van der Waals surface area contributed by atoms with Crippen molar-refractivity contribution in [2.45, 2.75) is 50.2 Å². The van der Waals surface area contributed by atoms with E-state index in [-0.39, 0.29) is 36.4 Å². The lowest BCUT2D eigenvalue weighted by Crippen LogP contribution is -2.53.